The summed E-state index contributed by atoms with van der Waals surface area (Å²) in [6.07, 6.45) is 1.10. The maximum Gasteiger partial charge on any atom is 0.272 e. The highest BCUT2D eigenvalue weighted by molar-refractivity contribution is 5.92. The number of nitrogens with one attached hydrogen (secondary N) is 1. The minimum absolute atomic E-state index is 0.185. The summed E-state index contributed by atoms with van der Waals surface area (Å²) >= 11 is 0. The second kappa shape index (κ2) is 6.87. The molecular formula is C15H23N3O3. The number of likely N-dealkylation sites (N-methyl/N-ethyl adjacent to an activating group) is 1. The van der Waals surface area contributed by atoms with Gasteiger partial charge < -0.3 is 20.1 Å². The van der Waals surface area contributed by atoms with Gasteiger partial charge in [0, 0.05) is 46.2 Å². The molecule has 0 aliphatic carbocycles. The Labute approximate surface area is 125 Å². The van der Waals surface area contributed by atoms with Gasteiger partial charge in [-0.25, -0.2) is 4.98 Å². The molecule has 2 heterocycles. The lowest BCUT2D eigenvalue weighted by atomic mass is 9.94. The molecule has 1 aliphatic heterocycles. The van der Waals surface area contributed by atoms with Crippen LogP contribution in [0.25, 0.3) is 0 Å². The zero-order chi connectivity index (χ0) is 15.3. The minimum atomic E-state index is -0.859. The Balaban J connectivity index is 2.03. The first-order valence-corrected chi connectivity index (χ1v) is 7.30. The van der Waals surface area contributed by atoms with Crippen molar-refractivity contribution in [2.45, 2.75) is 25.4 Å². The number of carbonyl (C=O) groups excluding carboxylic acids is 1. The van der Waals surface area contributed by atoms with Crippen LogP contribution in [0.3, 0.4) is 0 Å². The van der Waals surface area contributed by atoms with Gasteiger partial charge >= 0.3 is 0 Å². The van der Waals surface area contributed by atoms with Gasteiger partial charge in [-0.2, -0.15) is 0 Å². The van der Waals surface area contributed by atoms with Gasteiger partial charge in [-0.3, -0.25) is 4.79 Å². The summed E-state index contributed by atoms with van der Waals surface area (Å²) in [7, 11) is 1.69. The molecule has 1 amide bonds. The molecular weight excluding hydrogens is 270 g/mol. The summed E-state index contributed by atoms with van der Waals surface area (Å²) in [4.78, 5) is 18.2. The summed E-state index contributed by atoms with van der Waals surface area (Å²) in [5.74, 6) is 0.496. The number of ether oxygens (including phenoxy) is 1. The van der Waals surface area contributed by atoms with Crippen molar-refractivity contribution in [2.75, 3.05) is 38.7 Å². The molecule has 0 radical (unpaired) electrons. The van der Waals surface area contributed by atoms with E-state index in [2.05, 4.69) is 10.3 Å². The van der Waals surface area contributed by atoms with Gasteiger partial charge in [0.1, 0.15) is 11.5 Å². The summed E-state index contributed by atoms with van der Waals surface area (Å²) in [6.45, 7) is 4.09. The van der Waals surface area contributed by atoms with Gasteiger partial charge in [0.25, 0.3) is 5.91 Å². The number of aromatic nitrogens is 1. The van der Waals surface area contributed by atoms with Crippen molar-refractivity contribution in [3.63, 3.8) is 0 Å². The van der Waals surface area contributed by atoms with Crippen LogP contribution in [0.4, 0.5) is 5.82 Å². The average Bonchev–Trinajstić information content (AvgIpc) is 2.47. The number of aliphatic hydroxyl groups is 1. The molecule has 1 saturated heterocycles. The van der Waals surface area contributed by atoms with E-state index < -0.39 is 5.60 Å². The van der Waals surface area contributed by atoms with E-state index in [1.54, 1.807) is 19.2 Å². The highest BCUT2D eigenvalue weighted by atomic mass is 16.5. The molecule has 116 valence electrons. The number of carbonyl (C=O) groups is 1. The number of rotatable bonds is 5. The summed E-state index contributed by atoms with van der Waals surface area (Å²) in [5, 5.41) is 13.6. The van der Waals surface area contributed by atoms with Gasteiger partial charge in [0.2, 0.25) is 0 Å². The Hall–Kier alpha value is -1.66. The van der Waals surface area contributed by atoms with E-state index in [1.807, 2.05) is 13.0 Å². The average molecular weight is 293 g/mol. The third-order valence-corrected chi connectivity index (χ3v) is 3.63. The smallest absolute Gasteiger partial charge is 0.272 e. The molecule has 1 aliphatic rings. The van der Waals surface area contributed by atoms with Gasteiger partial charge in [-0.05, 0) is 19.1 Å². The number of anilines is 1. The fourth-order valence-corrected chi connectivity index (χ4v) is 2.45. The lowest BCUT2D eigenvalue weighted by molar-refractivity contribution is -0.0734. The maximum atomic E-state index is 12.4. The zero-order valence-corrected chi connectivity index (χ0v) is 12.6. The predicted molar refractivity (Wildman–Crippen MR) is 80.4 cm³/mol. The van der Waals surface area contributed by atoms with E-state index in [0.717, 1.165) is 6.54 Å². The molecule has 0 atom stereocenters. The van der Waals surface area contributed by atoms with E-state index >= 15 is 0 Å². The van der Waals surface area contributed by atoms with Crippen LogP contribution < -0.4 is 5.32 Å². The topological polar surface area (TPSA) is 74.7 Å². The summed E-state index contributed by atoms with van der Waals surface area (Å²) < 4.78 is 5.25. The summed E-state index contributed by atoms with van der Waals surface area (Å²) in [6, 6.07) is 5.31. The normalized spacial score (nSPS) is 17.3. The third-order valence-electron chi connectivity index (χ3n) is 3.63. The molecule has 1 fully saturated rings. The molecule has 0 bridgehead atoms. The van der Waals surface area contributed by atoms with Gasteiger partial charge in [-0.15, -0.1) is 0 Å². The quantitative estimate of drug-likeness (QED) is 0.851. The van der Waals surface area contributed by atoms with Crippen molar-refractivity contribution >= 4 is 11.7 Å². The van der Waals surface area contributed by atoms with Gasteiger partial charge in [0.15, 0.2) is 0 Å². The van der Waals surface area contributed by atoms with Crippen molar-refractivity contribution in [1.82, 2.24) is 9.88 Å². The number of hydrogen-bond acceptors (Lipinski definition) is 5. The minimum Gasteiger partial charge on any atom is -0.388 e. The Morgan fingerprint density at radius 3 is 2.86 bits per heavy atom. The van der Waals surface area contributed by atoms with Crippen LogP contribution in [0, 0.1) is 0 Å². The Morgan fingerprint density at radius 1 is 1.48 bits per heavy atom. The van der Waals surface area contributed by atoms with Crippen LogP contribution in [-0.4, -0.2) is 59.8 Å². The molecule has 1 aromatic heterocycles. The molecule has 6 heteroatoms. The monoisotopic (exact) mass is 293 g/mol. The SMILES string of the molecule is CCNc1cccc(C(=O)N(C)CC2(O)CCOCC2)n1. The molecule has 2 rings (SSSR count). The first kappa shape index (κ1) is 15.7. The van der Waals surface area contributed by atoms with Crippen molar-refractivity contribution in [3.05, 3.63) is 23.9 Å². The second-order valence-corrected chi connectivity index (χ2v) is 5.44. The largest absolute Gasteiger partial charge is 0.388 e. The number of nitrogens with zero attached hydrogens (tertiary/aromatic N) is 2. The molecule has 0 spiro atoms. The van der Waals surface area contributed by atoms with Crippen LogP contribution in [0.15, 0.2) is 18.2 Å². The van der Waals surface area contributed by atoms with E-state index in [-0.39, 0.29) is 5.91 Å². The lowest BCUT2D eigenvalue weighted by Crippen LogP contribution is -2.47. The van der Waals surface area contributed by atoms with Crippen LogP contribution >= 0.6 is 0 Å². The highest BCUT2D eigenvalue weighted by Crippen LogP contribution is 2.21. The molecule has 1 aromatic rings. The van der Waals surface area contributed by atoms with Crippen molar-refractivity contribution in [3.8, 4) is 0 Å². The van der Waals surface area contributed by atoms with Crippen LogP contribution in [0.5, 0.6) is 0 Å². The standard InChI is InChI=1S/C15H23N3O3/c1-3-16-13-6-4-5-12(17-13)14(19)18(2)11-15(20)7-9-21-10-8-15/h4-6,20H,3,7-11H2,1-2H3,(H,16,17). The van der Waals surface area contributed by atoms with E-state index in [9.17, 15) is 9.90 Å². The van der Waals surface area contributed by atoms with Crippen molar-refractivity contribution in [2.24, 2.45) is 0 Å². The number of hydrogen-bond donors (Lipinski definition) is 2. The van der Waals surface area contributed by atoms with Crippen LogP contribution in [0.1, 0.15) is 30.3 Å². The van der Waals surface area contributed by atoms with Gasteiger partial charge in [0.05, 0.1) is 5.60 Å². The predicted octanol–water partition coefficient (Wildman–Crippen LogP) is 1.13. The van der Waals surface area contributed by atoms with Crippen molar-refractivity contribution < 1.29 is 14.6 Å². The van der Waals surface area contributed by atoms with Crippen LogP contribution in [0.2, 0.25) is 0 Å². The lowest BCUT2D eigenvalue weighted by Gasteiger charge is -2.35. The Kier molecular flexibility index (Phi) is 5.14. The molecule has 6 nitrogen and oxygen atoms in total. The fourth-order valence-electron chi connectivity index (χ4n) is 2.45. The Bertz CT molecular complexity index is 487. The van der Waals surface area contributed by atoms with Gasteiger partial charge in [-0.1, -0.05) is 6.07 Å². The number of amides is 1. The molecule has 0 saturated carbocycles. The molecule has 0 unspecified atom stereocenters. The first-order chi connectivity index (χ1) is 10.0. The third kappa shape index (κ3) is 4.15. The zero-order valence-electron chi connectivity index (χ0n) is 12.6. The van der Waals surface area contributed by atoms with Crippen LogP contribution in [-0.2, 0) is 4.74 Å². The van der Waals surface area contributed by atoms with E-state index in [1.165, 1.54) is 4.90 Å². The molecule has 0 aromatic carbocycles. The van der Waals surface area contributed by atoms with Crippen molar-refractivity contribution in [1.29, 1.82) is 0 Å². The second-order valence-electron chi connectivity index (χ2n) is 5.44. The maximum absolute atomic E-state index is 12.4. The molecule has 21 heavy (non-hydrogen) atoms. The highest BCUT2D eigenvalue weighted by Gasteiger charge is 2.32. The van der Waals surface area contributed by atoms with E-state index in [0.29, 0.717) is 44.1 Å². The first-order valence-electron chi connectivity index (χ1n) is 7.30. The Morgan fingerprint density at radius 2 is 2.19 bits per heavy atom. The van der Waals surface area contributed by atoms with E-state index in [4.69, 9.17) is 4.74 Å². The fraction of sp³-hybridized carbons (Fsp3) is 0.600. The molecule has 2 N–H and O–H groups in total. The number of pyridine rings is 1. The summed E-state index contributed by atoms with van der Waals surface area (Å²) in [5.41, 5.74) is -0.478.